The van der Waals surface area contributed by atoms with Crippen molar-refractivity contribution in [3.63, 3.8) is 0 Å². The number of carbonyl (C=O) groups is 1. The van der Waals surface area contributed by atoms with Crippen molar-refractivity contribution in [2.75, 3.05) is 6.54 Å². The summed E-state index contributed by atoms with van der Waals surface area (Å²) in [4.78, 5) is 11.8. The number of rotatable bonds is 5. The average molecular weight is 323 g/mol. The van der Waals surface area contributed by atoms with Crippen LogP contribution in [-0.4, -0.2) is 12.5 Å². The molecule has 0 bridgehead atoms. The Morgan fingerprint density at radius 3 is 2.82 bits per heavy atom. The van der Waals surface area contributed by atoms with Crippen LogP contribution < -0.4 is 5.32 Å². The highest BCUT2D eigenvalue weighted by Gasteiger charge is 2.14. The van der Waals surface area contributed by atoms with Crippen molar-refractivity contribution in [2.45, 2.75) is 26.2 Å². The fourth-order valence-corrected chi connectivity index (χ4v) is 2.02. The summed E-state index contributed by atoms with van der Waals surface area (Å²) in [6.45, 7) is 2.67. The van der Waals surface area contributed by atoms with E-state index in [1.165, 1.54) is 6.07 Å². The van der Waals surface area contributed by atoms with Crippen molar-refractivity contribution >= 4 is 33.4 Å². The summed E-state index contributed by atoms with van der Waals surface area (Å²) in [6.07, 6.45) is 3.05. The van der Waals surface area contributed by atoms with E-state index in [1.54, 1.807) is 0 Å². The lowest BCUT2D eigenvalue weighted by molar-refractivity contribution is 0.0952. The molecule has 1 rings (SSSR count). The SMILES string of the molecule is CCCCCNC(=O)c1cc(F)cc(Br)c1Cl. The minimum Gasteiger partial charge on any atom is -0.352 e. The summed E-state index contributed by atoms with van der Waals surface area (Å²) < 4.78 is 13.5. The predicted octanol–water partition coefficient (Wildman–Crippen LogP) is 4.16. The molecular weight excluding hydrogens is 308 g/mol. The van der Waals surface area contributed by atoms with Crippen LogP contribution in [0.25, 0.3) is 0 Å². The molecule has 1 aromatic carbocycles. The van der Waals surface area contributed by atoms with Crippen LogP contribution in [0.2, 0.25) is 5.02 Å². The Morgan fingerprint density at radius 2 is 2.18 bits per heavy atom. The smallest absolute Gasteiger partial charge is 0.252 e. The molecule has 17 heavy (non-hydrogen) atoms. The molecule has 0 aromatic heterocycles. The summed E-state index contributed by atoms with van der Waals surface area (Å²) in [5, 5.41) is 2.95. The maximum Gasteiger partial charge on any atom is 0.252 e. The second kappa shape index (κ2) is 6.97. The number of hydrogen-bond acceptors (Lipinski definition) is 1. The lowest BCUT2D eigenvalue weighted by Crippen LogP contribution is -2.24. The average Bonchev–Trinajstić information content (AvgIpc) is 2.29. The molecule has 0 aliphatic rings. The Morgan fingerprint density at radius 1 is 1.47 bits per heavy atom. The molecule has 94 valence electrons. The van der Waals surface area contributed by atoms with Gasteiger partial charge in [-0.05, 0) is 34.5 Å². The number of benzene rings is 1. The highest BCUT2D eigenvalue weighted by Crippen LogP contribution is 2.27. The number of unbranched alkanes of at least 4 members (excludes halogenated alkanes) is 2. The zero-order valence-electron chi connectivity index (χ0n) is 9.53. The molecule has 1 aromatic rings. The summed E-state index contributed by atoms with van der Waals surface area (Å²) >= 11 is 9.03. The van der Waals surface area contributed by atoms with E-state index in [9.17, 15) is 9.18 Å². The van der Waals surface area contributed by atoms with Gasteiger partial charge in [-0.15, -0.1) is 0 Å². The molecule has 0 fully saturated rings. The number of carbonyl (C=O) groups excluding carboxylic acids is 1. The Labute approximate surface area is 114 Å². The predicted molar refractivity (Wildman–Crippen MR) is 71.0 cm³/mol. The Balaban J connectivity index is 2.69. The van der Waals surface area contributed by atoms with Crippen molar-refractivity contribution in [3.8, 4) is 0 Å². The normalized spacial score (nSPS) is 10.4. The summed E-state index contributed by atoms with van der Waals surface area (Å²) in [7, 11) is 0. The van der Waals surface area contributed by atoms with Gasteiger partial charge in [0.05, 0.1) is 10.6 Å². The first-order chi connectivity index (χ1) is 8.06. The van der Waals surface area contributed by atoms with E-state index in [-0.39, 0.29) is 16.5 Å². The zero-order valence-corrected chi connectivity index (χ0v) is 11.9. The van der Waals surface area contributed by atoms with E-state index in [0.717, 1.165) is 25.3 Å². The number of hydrogen-bond donors (Lipinski definition) is 1. The quantitative estimate of drug-likeness (QED) is 0.640. The fourth-order valence-electron chi connectivity index (χ4n) is 1.39. The summed E-state index contributed by atoms with van der Waals surface area (Å²) in [5.74, 6) is -0.828. The third kappa shape index (κ3) is 4.28. The Hall–Kier alpha value is -0.610. The van der Waals surface area contributed by atoms with Gasteiger partial charge >= 0.3 is 0 Å². The molecule has 0 aliphatic heterocycles. The van der Waals surface area contributed by atoms with Gasteiger partial charge in [0.1, 0.15) is 5.82 Å². The van der Waals surface area contributed by atoms with Crippen molar-refractivity contribution in [1.29, 1.82) is 0 Å². The lowest BCUT2D eigenvalue weighted by Gasteiger charge is -2.07. The van der Waals surface area contributed by atoms with Gasteiger partial charge in [-0.2, -0.15) is 0 Å². The van der Waals surface area contributed by atoms with Gasteiger partial charge in [0, 0.05) is 11.0 Å². The fraction of sp³-hybridized carbons (Fsp3) is 0.417. The number of amides is 1. The van der Waals surface area contributed by atoms with Crippen molar-refractivity contribution < 1.29 is 9.18 Å². The third-order valence-electron chi connectivity index (χ3n) is 2.30. The second-order valence-corrected chi connectivity index (χ2v) is 4.94. The highest BCUT2D eigenvalue weighted by atomic mass is 79.9. The molecule has 0 spiro atoms. The van der Waals surface area contributed by atoms with Gasteiger partial charge in [0.25, 0.3) is 5.91 Å². The molecular formula is C12H14BrClFNO. The first kappa shape index (κ1) is 14.5. The van der Waals surface area contributed by atoms with Gasteiger partial charge in [-0.3, -0.25) is 4.79 Å². The van der Waals surface area contributed by atoms with Crippen molar-refractivity contribution in [2.24, 2.45) is 0 Å². The molecule has 0 saturated heterocycles. The van der Waals surface area contributed by atoms with E-state index >= 15 is 0 Å². The number of halogens is 3. The largest absolute Gasteiger partial charge is 0.352 e. The molecule has 1 amide bonds. The summed E-state index contributed by atoms with van der Waals surface area (Å²) in [5.41, 5.74) is 0.162. The monoisotopic (exact) mass is 321 g/mol. The van der Waals surface area contributed by atoms with Gasteiger partial charge in [0.15, 0.2) is 0 Å². The van der Waals surface area contributed by atoms with Crippen LogP contribution in [0.1, 0.15) is 36.5 Å². The molecule has 0 heterocycles. The first-order valence-electron chi connectivity index (χ1n) is 5.49. The summed E-state index contributed by atoms with van der Waals surface area (Å²) in [6, 6.07) is 2.37. The molecule has 1 N–H and O–H groups in total. The lowest BCUT2D eigenvalue weighted by atomic mass is 10.2. The van der Waals surface area contributed by atoms with Gasteiger partial charge < -0.3 is 5.32 Å². The van der Waals surface area contributed by atoms with Gasteiger partial charge in [-0.25, -0.2) is 4.39 Å². The van der Waals surface area contributed by atoms with Crippen LogP contribution in [0.3, 0.4) is 0 Å². The zero-order chi connectivity index (χ0) is 12.8. The second-order valence-electron chi connectivity index (χ2n) is 3.71. The maximum atomic E-state index is 13.1. The van der Waals surface area contributed by atoms with E-state index in [2.05, 4.69) is 28.2 Å². The molecule has 2 nitrogen and oxygen atoms in total. The van der Waals surface area contributed by atoms with Crippen molar-refractivity contribution in [1.82, 2.24) is 5.32 Å². The topological polar surface area (TPSA) is 29.1 Å². The van der Waals surface area contributed by atoms with Gasteiger partial charge in [0.2, 0.25) is 0 Å². The van der Waals surface area contributed by atoms with E-state index in [1.807, 2.05) is 0 Å². The minimum atomic E-state index is -0.486. The van der Waals surface area contributed by atoms with E-state index in [0.29, 0.717) is 11.0 Å². The molecule has 0 radical (unpaired) electrons. The van der Waals surface area contributed by atoms with Crippen LogP contribution in [0.5, 0.6) is 0 Å². The molecule has 0 aliphatic carbocycles. The molecule has 0 saturated carbocycles. The minimum absolute atomic E-state index is 0.162. The third-order valence-corrected chi connectivity index (χ3v) is 3.56. The maximum absolute atomic E-state index is 13.1. The molecule has 5 heteroatoms. The van der Waals surface area contributed by atoms with Gasteiger partial charge in [-0.1, -0.05) is 31.4 Å². The standard InChI is InChI=1S/C12H14BrClFNO/c1-2-3-4-5-16-12(17)9-6-8(15)7-10(13)11(9)14/h6-7H,2-5H2,1H3,(H,16,17). The van der Waals surface area contributed by atoms with E-state index in [4.69, 9.17) is 11.6 Å². The highest BCUT2D eigenvalue weighted by molar-refractivity contribution is 9.10. The Kier molecular flexibility index (Phi) is 5.92. The van der Waals surface area contributed by atoms with Crippen LogP contribution in [0.4, 0.5) is 4.39 Å². The van der Waals surface area contributed by atoms with Crippen LogP contribution in [0.15, 0.2) is 16.6 Å². The molecule has 0 atom stereocenters. The van der Waals surface area contributed by atoms with Crippen LogP contribution >= 0.6 is 27.5 Å². The van der Waals surface area contributed by atoms with E-state index < -0.39 is 5.82 Å². The van der Waals surface area contributed by atoms with Crippen molar-refractivity contribution in [3.05, 3.63) is 33.0 Å². The van der Waals surface area contributed by atoms with Crippen LogP contribution in [0, 0.1) is 5.82 Å². The Bertz CT molecular complexity index is 412. The number of nitrogens with one attached hydrogen (secondary N) is 1. The van der Waals surface area contributed by atoms with Crippen LogP contribution in [-0.2, 0) is 0 Å². The molecule has 0 unspecified atom stereocenters. The first-order valence-corrected chi connectivity index (χ1v) is 6.66.